The van der Waals surface area contributed by atoms with Crippen molar-refractivity contribution in [3.63, 3.8) is 0 Å². The number of hydrogen-bond donors (Lipinski definition) is 1. The average molecular weight is 333 g/mol. The summed E-state index contributed by atoms with van der Waals surface area (Å²) >= 11 is 1.37. The molecular formula is C15H19N5O2S. The van der Waals surface area contributed by atoms with Crippen LogP contribution in [-0.4, -0.2) is 52.9 Å². The van der Waals surface area contributed by atoms with E-state index in [0.717, 1.165) is 17.8 Å². The van der Waals surface area contributed by atoms with Crippen LogP contribution in [-0.2, 0) is 0 Å². The second-order valence-corrected chi connectivity index (χ2v) is 6.75. The molecule has 23 heavy (non-hydrogen) atoms. The average Bonchev–Trinajstić information content (AvgIpc) is 3.14. The van der Waals surface area contributed by atoms with Crippen LogP contribution in [0.4, 0.5) is 5.95 Å². The van der Waals surface area contributed by atoms with E-state index in [4.69, 9.17) is 0 Å². The Morgan fingerprint density at radius 1 is 1.48 bits per heavy atom. The van der Waals surface area contributed by atoms with Crippen LogP contribution in [0.15, 0.2) is 16.4 Å². The highest BCUT2D eigenvalue weighted by molar-refractivity contribution is 7.11. The van der Waals surface area contributed by atoms with Crippen LogP contribution in [0.5, 0.6) is 0 Å². The van der Waals surface area contributed by atoms with Crippen molar-refractivity contribution in [2.75, 3.05) is 32.1 Å². The molecule has 1 aliphatic heterocycles. The van der Waals surface area contributed by atoms with Gasteiger partial charge in [-0.1, -0.05) is 0 Å². The molecule has 0 bridgehead atoms. The molecule has 122 valence electrons. The summed E-state index contributed by atoms with van der Waals surface area (Å²) < 4.78 is 0. The number of likely N-dealkylation sites (tertiary alicyclic amines) is 1. The van der Waals surface area contributed by atoms with Crippen molar-refractivity contribution >= 4 is 23.2 Å². The van der Waals surface area contributed by atoms with E-state index in [0.29, 0.717) is 23.9 Å². The number of aromatic amines is 1. The molecule has 1 aliphatic rings. The van der Waals surface area contributed by atoms with E-state index in [1.54, 1.807) is 10.4 Å². The number of aryl methyl sites for hydroxylation is 1. The minimum absolute atomic E-state index is 0.0187. The summed E-state index contributed by atoms with van der Waals surface area (Å²) in [5.74, 6) is 0.647. The third kappa shape index (κ3) is 3.12. The monoisotopic (exact) mass is 333 g/mol. The lowest BCUT2D eigenvalue weighted by Crippen LogP contribution is -2.28. The minimum Gasteiger partial charge on any atom is -0.348 e. The molecule has 7 nitrogen and oxygen atoms in total. The van der Waals surface area contributed by atoms with Gasteiger partial charge in [0.1, 0.15) is 4.88 Å². The van der Waals surface area contributed by atoms with E-state index in [-0.39, 0.29) is 17.4 Å². The highest BCUT2D eigenvalue weighted by Crippen LogP contribution is 2.28. The summed E-state index contributed by atoms with van der Waals surface area (Å²) in [5.41, 5.74) is 3.04. The van der Waals surface area contributed by atoms with Crippen molar-refractivity contribution in [1.82, 2.24) is 19.9 Å². The van der Waals surface area contributed by atoms with Gasteiger partial charge < -0.3 is 9.80 Å². The van der Waals surface area contributed by atoms with Crippen molar-refractivity contribution in [3.05, 3.63) is 38.2 Å². The lowest BCUT2D eigenvalue weighted by molar-refractivity contribution is 0.0794. The maximum atomic E-state index is 12.5. The molecule has 1 fully saturated rings. The van der Waals surface area contributed by atoms with Crippen LogP contribution in [0, 0.1) is 6.92 Å². The van der Waals surface area contributed by atoms with Gasteiger partial charge in [-0.05, 0) is 13.3 Å². The highest BCUT2D eigenvalue weighted by Gasteiger charge is 2.30. The predicted molar refractivity (Wildman–Crippen MR) is 89.3 cm³/mol. The molecule has 1 amide bonds. The van der Waals surface area contributed by atoms with Crippen LogP contribution in [0.1, 0.15) is 33.4 Å². The first-order chi connectivity index (χ1) is 11.0. The third-order valence-corrected chi connectivity index (χ3v) is 4.92. The van der Waals surface area contributed by atoms with E-state index in [9.17, 15) is 9.59 Å². The molecule has 1 atom stereocenters. The SMILES string of the molecule is Cc1ncsc1C(=O)N1CC[C@H](c2cc(=O)[nH]c(N(C)C)n2)C1. The molecule has 0 saturated carbocycles. The van der Waals surface area contributed by atoms with Crippen LogP contribution >= 0.6 is 11.3 Å². The number of anilines is 1. The summed E-state index contributed by atoms with van der Waals surface area (Å²) in [6.45, 7) is 3.10. The number of H-pyrrole nitrogens is 1. The van der Waals surface area contributed by atoms with Gasteiger partial charge in [-0.15, -0.1) is 11.3 Å². The van der Waals surface area contributed by atoms with Gasteiger partial charge >= 0.3 is 0 Å². The van der Waals surface area contributed by atoms with Crippen molar-refractivity contribution in [3.8, 4) is 0 Å². The number of rotatable bonds is 3. The van der Waals surface area contributed by atoms with Gasteiger partial charge in [0, 0.05) is 39.2 Å². The number of nitrogens with one attached hydrogen (secondary N) is 1. The van der Waals surface area contributed by atoms with Crippen molar-refractivity contribution in [2.45, 2.75) is 19.3 Å². The molecule has 0 aliphatic carbocycles. The van der Waals surface area contributed by atoms with E-state index >= 15 is 0 Å². The molecule has 1 saturated heterocycles. The lowest BCUT2D eigenvalue weighted by Gasteiger charge is -2.17. The molecule has 2 aromatic heterocycles. The van der Waals surface area contributed by atoms with Gasteiger partial charge in [-0.25, -0.2) is 9.97 Å². The van der Waals surface area contributed by atoms with E-state index in [1.165, 1.54) is 17.4 Å². The molecular weight excluding hydrogens is 314 g/mol. The van der Waals surface area contributed by atoms with E-state index < -0.39 is 0 Å². The highest BCUT2D eigenvalue weighted by atomic mass is 32.1. The first-order valence-corrected chi connectivity index (χ1v) is 8.31. The Balaban J connectivity index is 1.79. The first-order valence-electron chi connectivity index (χ1n) is 7.43. The zero-order chi connectivity index (χ0) is 16.6. The summed E-state index contributed by atoms with van der Waals surface area (Å²) in [6, 6.07) is 1.53. The predicted octanol–water partition coefficient (Wildman–Crippen LogP) is 1.23. The first kappa shape index (κ1) is 15.7. The number of carbonyl (C=O) groups is 1. The van der Waals surface area contributed by atoms with Crippen molar-refractivity contribution in [2.24, 2.45) is 0 Å². The molecule has 8 heteroatoms. The normalized spacial score (nSPS) is 17.5. The second-order valence-electron chi connectivity index (χ2n) is 5.89. The molecule has 3 rings (SSSR count). The lowest BCUT2D eigenvalue weighted by atomic mass is 10.1. The zero-order valence-electron chi connectivity index (χ0n) is 13.4. The number of nitrogens with zero attached hydrogens (tertiary/aromatic N) is 4. The van der Waals surface area contributed by atoms with Gasteiger partial charge in [0.2, 0.25) is 5.95 Å². The van der Waals surface area contributed by atoms with Crippen LogP contribution in [0.2, 0.25) is 0 Å². The van der Waals surface area contributed by atoms with Crippen molar-refractivity contribution in [1.29, 1.82) is 0 Å². The maximum Gasteiger partial charge on any atom is 0.265 e. The maximum absolute atomic E-state index is 12.5. The quantitative estimate of drug-likeness (QED) is 0.913. The molecule has 1 N–H and O–H groups in total. The topological polar surface area (TPSA) is 82.2 Å². The van der Waals surface area contributed by atoms with Gasteiger partial charge in [0.25, 0.3) is 11.5 Å². The molecule has 3 heterocycles. The Hall–Kier alpha value is -2.22. The van der Waals surface area contributed by atoms with Gasteiger partial charge in [0.05, 0.1) is 16.9 Å². The Morgan fingerprint density at radius 2 is 2.26 bits per heavy atom. The fourth-order valence-electron chi connectivity index (χ4n) is 2.72. The van der Waals surface area contributed by atoms with Crippen LogP contribution in [0.25, 0.3) is 0 Å². The van der Waals surface area contributed by atoms with Crippen molar-refractivity contribution < 1.29 is 4.79 Å². The summed E-state index contributed by atoms with van der Waals surface area (Å²) in [7, 11) is 3.66. The molecule has 0 unspecified atom stereocenters. The van der Waals surface area contributed by atoms with Crippen LogP contribution < -0.4 is 10.5 Å². The smallest absolute Gasteiger partial charge is 0.265 e. The second kappa shape index (κ2) is 6.11. The Morgan fingerprint density at radius 3 is 2.91 bits per heavy atom. The van der Waals surface area contributed by atoms with E-state index in [2.05, 4.69) is 15.0 Å². The molecule has 0 aromatic carbocycles. The fourth-order valence-corrected chi connectivity index (χ4v) is 3.49. The van der Waals surface area contributed by atoms with Crippen LogP contribution in [0.3, 0.4) is 0 Å². The summed E-state index contributed by atoms with van der Waals surface area (Å²) in [5, 5.41) is 0. The molecule has 0 spiro atoms. The fraction of sp³-hybridized carbons (Fsp3) is 0.467. The molecule has 2 aromatic rings. The minimum atomic E-state index is -0.165. The number of carbonyl (C=O) groups excluding carboxylic acids is 1. The van der Waals surface area contributed by atoms with Gasteiger partial charge in [-0.3, -0.25) is 14.6 Å². The Kier molecular flexibility index (Phi) is 4.16. The number of amides is 1. The Labute approximate surface area is 138 Å². The van der Waals surface area contributed by atoms with Gasteiger partial charge in [-0.2, -0.15) is 0 Å². The zero-order valence-corrected chi connectivity index (χ0v) is 14.2. The largest absolute Gasteiger partial charge is 0.348 e. The summed E-state index contributed by atoms with van der Waals surface area (Å²) in [4.78, 5) is 40.0. The number of thiazole rings is 1. The summed E-state index contributed by atoms with van der Waals surface area (Å²) in [6.07, 6.45) is 0.812. The van der Waals surface area contributed by atoms with E-state index in [1.807, 2.05) is 25.9 Å². The molecule has 0 radical (unpaired) electrons. The van der Waals surface area contributed by atoms with Gasteiger partial charge in [0.15, 0.2) is 0 Å². The standard InChI is InChI=1S/C15H19N5O2S/c1-9-13(23-8-16-9)14(22)20-5-4-10(7-20)11-6-12(21)18-15(17-11)19(2)3/h6,8,10H,4-5,7H2,1-3H3,(H,17,18,21)/t10-/m0/s1. The number of hydrogen-bond acceptors (Lipinski definition) is 6. The third-order valence-electron chi connectivity index (χ3n) is 4.01. The Bertz CT molecular complexity index is 782. The number of aromatic nitrogens is 3.